The molecular weight excluding hydrogens is 521 g/mol. The lowest BCUT2D eigenvalue weighted by Gasteiger charge is -2.31. The first-order valence-electron chi connectivity index (χ1n) is 11.9. The first kappa shape index (κ1) is 29.2. The first-order chi connectivity index (χ1) is 17.9. The van der Waals surface area contributed by atoms with Crippen molar-refractivity contribution in [1.29, 1.82) is 0 Å². The number of H-pyrrole nitrogens is 1. The molecule has 0 bridgehead atoms. The van der Waals surface area contributed by atoms with E-state index in [1.165, 1.54) is 12.5 Å². The highest BCUT2D eigenvalue weighted by molar-refractivity contribution is 7.99. The van der Waals surface area contributed by atoms with Crippen molar-refractivity contribution < 1.29 is 27.9 Å². The van der Waals surface area contributed by atoms with Gasteiger partial charge in [0.15, 0.2) is 0 Å². The molecular formula is C26H29F3N4O4S. The summed E-state index contributed by atoms with van der Waals surface area (Å²) in [5.74, 6) is -1.31. The third-order valence-corrected chi connectivity index (χ3v) is 7.28. The van der Waals surface area contributed by atoms with E-state index in [-0.39, 0.29) is 11.5 Å². The lowest BCUT2D eigenvalue weighted by atomic mass is 10.1. The number of hydrogen-bond donors (Lipinski definition) is 3. The molecule has 1 aliphatic heterocycles. The summed E-state index contributed by atoms with van der Waals surface area (Å²) in [7, 11) is 0. The summed E-state index contributed by atoms with van der Waals surface area (Å²) in [6.45, 7) is 6.56. The molecule has 0 aliphatic carbocycles. The number of aliphatic carboxylic acids is 1. The van der Waals surface area contributed by atoms with Crippen LogP contribution in [0.2, 0.25) is 0 Å². The van der Waals surface area contributed by atoms with Crippen LogP contribution in [-0.2, 0) is 21.9 Å². The second-order valence-corrected chi connectivity index (χ2v) is 10.2. The van der Waals surface area contributed by atoms with E-state index in [1.807, 2.05) is 49.0 Å². The average Bonchev–Trinajstić information content (AvgIpc) is 2.85. The predicted molar refractivity (Wildman–Crippen MR) is 141 cm³/mol. The predicted octanol–water partition coefficient (Wildman–Crippen LogP) is 4.72. The molecule has 38 heavy (non-hydrogen) atoms. The number of halogens is 3. The van der Waals surface area contributed by atoms with Gasteiger partial charge in [0, 0.05) is 24.4 Å². The average molecular weight is 551 g/mol. The van der Waals surface area contributed by atoms with E-state index in [0.717, 1.165) is 60.8 Å². The smallest absolute Gasteiger partial charge is 0.475 e. The summed E-state index contributed by atoms with van der Waals surface area (Å²) in [4.78, 5) is 42.5. The molecule has 4 rings (SSSR count). The normalized spacial score (nSPS) is 14.6. The molecule has 3 N–H and O–H groups in total. The Kier molecular flexibility index (Phi) is 9.92. The quantitative estimate of drug-likeness (QED) is 0.407. The number of carbonyl (C=O) groups is 2. The van der Waals surface area contributed by atoms with Gasteiger partial charge in [0.05, 0.1) is 16.7 Å². The van der Waals surface area contributed by atoms with Crippen molar-refractivity contribution in [2.45, 2.75) is 50.4 Å². The number of carboxylic acids is 1. The number of nitrogens with one attached hydrogen (secondary N) is 2. The van der Waals surface area contributed by atoms with Gasteiger partial charge in [-0.15, -0.1) is 0 Å². The molecule has 1 amide bonds. The van der Waals surface area contributed by atoms with E-state index >= 15 is 0 Å². The zero-order valence-corrected chi connectivity index (χ0v) is 21.8. The van der Waals surface area contributed by atoms with Crippen LogP contribution in [-0.4, -0.2) is 56.4 Å². The number of amides is 1. The van der Waals surface area contributed by atoms with Crippen molar-refractivity contribution in [3.63, 3.8) is 0 Å². The molecule has 1 saturated heterocycles. The maximum atomic E-state index is 12.4. The molecule has 12 heteroatoms. The number of fused-ring (bicyclic) bond motifs is 1. The van der Waals surface area contributed by atoms with E-state index in [0.29, 0.717) is 10.6 Å². The van der Waals surface area contributed by atoms with Crippen LogP contribution in [0.5, 0.6) is 0 Å². The Morgan fingerprint density at radius 2 is 1.79 bits per heavy atom. The van der Waals surface area contributed by atoms with Crippen LogP contribution in [0.1, 0.15) is 36.7 Å². The molecule has 0 radical (unpaired) electrons. The maximum Gasteiger partial charge on any atom is 0.490 e. The molecule has 2 heterocycles. The molecule has 0 spiro atoms. The minimum atomic E-state index is -5.08. The van der Waals surface area contributed by atoms with Gasteiger partial charge in [-0.05, 0) is 62.2 Å². The second kappa shape index (κ2) is 12.9. The molecule has 3 aromatic rings. The van der Waals surface area contributed by atoms with Crippen LogP contribution in [0.4, 0.5) is 18.9 Å². The molecule has 0 atom stereocenters. The largest absolute Gasteiger partial charge is 0.490 e. The van der Waals surface area contributed by atoms with Gasteiger partial charge in [-0.3, -0.25) is 14.5 Å². The number of aromatic amines is 1. The first-order valence-corrected chi connectivity index (χ1v) is 13.0. The molecule has 204 valence electrons. The van der Waals surface area contributed by atoms with Gasteiger partial charge in [0.1, 0.15) is 5.82 Å². The number of nitrogens with zero attached hydrogens (tertiary/aromatic N) is 2. The Balaban J connectivity index is 0.000000505. The number of carboxylic acid groups (broad SMARTS) is 1. The lowest BCUT2D eigenvalue weighted by Crippen LogP contribution is -2.34. The van der Waals surface area contributed by atoms with Crippen LogP contribution >= 0.6 is 11.8 Å². The molecule has 0 unspecified atom stereocenters. The molecule has 1 fully saturated rings. The Bertz CT molecular complexity index is 1320. The van der Waals surface area contributed by atoms with E-state index in [1.54, 1.807) is 0 Å². The van der Waals surface area contributed by atoms with Crippen LogP contribution in [0, 0.1) is 6.92 Å². The summed E-state index contributed by atoms with van der Waals surface area (Å²) in [5.41, 5.74) is 3.88. The summed E-state index contributed by atoms with van der Waals surface area (Å²) in [5, 5.41) is 11.2. The van der Waals surface area contributed by atoms with E-state index in [4.69, 9.17) is 14.9 Å². The zero-order valence-electron chi connectivity index (χ0n) is 21.0. The highest BCUT2D eigenvalue weighted by Crippen LogP contribution is 2.27. The van der Waals surface area contributed by atoms with E-state index in [9.17, 15) is 22.8 Å². The highest BCUT2D eigenvalue weighted by atomic mass is 32.2. The van der Waals surface area contributed by atoms with Gasteiger partial charge < -0.3 is 15.4 Å². The molecule has 8 nitrogen and oxygen atoms in total. The standard InChI is InChI=1S/C24H28N4O2S.C2HF3O2/c1-16-4-3-5-21-23(16)26-22(27-24(21)30)15-31-20-10-12-28(13-11-20)14-18-6-8-19(9-7-18)25-17(2)29;3-2(4,5)1(6)7/h3-9,20H,10-15H2,1-2H3,(H,25,29)(H,26,27,30);(H,6,7). The molecule has 0 saturated carbocycles. The molecule has 1 aliphatic rings. The zero-order chi connectivity index (χ0) is 27.9. The van der Waals surface area contributed by atoms with Gasteiger partial charge in [-0.1, -0.05) is 24.3 Å². The number of benzene rings is 2. The third kappa shape index (κ3) is 8.59. The van der Waals surface area contributed by atoms with Crippen molar-refractivity contribution >= 4 is 40.2 Å². The Morgan fingerprint density at radius 1 is 1.16 bits per heavy atom. The van der Waals surface area contributed by atoms with Crippen molar-refractivity contribution in [3.05, 3.63) is 69.8 Å². The monoisotopic (exact) mass is 550 g/mol. The van der Waals surface area contributed by atoms with E-state index in [2.05, 4.69) is 27.3 Å². The second-order valence-electron chi connectivity index (χ2n) is 8.95. The number of rotatable bonds is 6. The summed E-state index contributed by atoms with van der Waals surface area (Å²) in [6.07, 6.45) is -2.82. The number of anilines is 1. The fraction of sp³-hybridized carbons (Fsp3) is 0.385. The number of para-hydroxylation sites is 1. The lowest BCUT2D eigenvalue weighted by molar-refractivity contribution is -0.192. The van der Waals surface area contributed by atoms with Gasteiger partial charge in [-0.2, -0.15) is 24.9 Å². The fourth-order valence-electron chi connectivity index (χ4n) is 4.01. The number of aryl methyl sites for hydroxylation is 1. The summed E-state index contributed by atoms with van der Waals surface area (Å²) >= 11 is 1.89. The fourth-order valence-corrected chi connectivity index (χ4v) is 5.08. The number of piperidine rings is 1. The minimum absolute atomic E-state index is 0.0505. The Hall–Kier alpha value is -3.38. The van der Waals surface area contributed by atoms with Crippen LogP contribution in [0.3, 0.4) is 0 Å². The van der Waals surface area contributed by atoms with E-state index < -0.39 is 12.1 Å². The maximum absolute atomic E-state index is 12.4. The number of hydrogen-bond acceptors (Lipinski definition) is 6. The minimum Gasteiger partial charge on any atom is -0.475 e. The van der Waals surface area contributed by atoms with Gasteiger partial charge in [-0.25, -0.2) is 9.78 Å². The van der Waals surface area contributed by atoms with Gasteiger partial charge in [0.25, 0.3) is 5.56 Å². The number of likely N-dealkylation sites (tertiary alicyclic amines) is 1. The van der Waals surface area contributed by atoms with Crippen molar-refractivity contribution in [2.24, 2.45) is 0 Å². The number of thioether (sulfide) groups is 1. The Labute approximate surface area is 221 Å². The molecule has 1 aromatic heterocycles. The SMILES string of the molecule is CC(=O)Nc1ccc(CN2CCC(SCc3nc4c(C)cccc4c(=O)[nH]3)CC2)cc1.O=C(O)C(F)(F)F. The number of carbonyl (C=O) groups excluding carboxylic acids is 1. The third-order valence-electron chi connectivity index (χ3n) is 5.90. The summed E-state index contributed by atoms with van der Waals surface area (Å²) < 4.78 is 31.7. The van der Waals surface area contributed by atoms with Crippen LogP contribution in [0.15, 0.2) is 47.3 Å². The van der Waals surface area contributed by atoms with Crippen LogP contribution < -0.4 is 10.9 Å². The number of aromatic nitrogens is 2. The topological polar surface area (TPSA) is 115 Å². The highest BCUT2D eigenvalue weighted by Gasteiger charge is 2.38. The van der Waals surface area contributed by atoms with Crippen molar-refractivity contribution in [3.8, 4) is 0 Å². The summed E-state index contributed by atoms with van der Waals surface area (Å²) in [6, 6.07) is 13.8. The van der Waals surface area contributed by atoms with Gasteiger partial charge in [0.2, 0.25) is 5.91 Å². The number of alkyl halides is 3. The van der Waals surface area contributed by atoms with Crippen molar-refractivity contribution in [1.82, 2.24) is 14.9 Å². The van der Waals surface area contributed by atoms with Gasteiger partial charge >= 0.3 is 12.1 Å². The Morgan fingerprint density at radius 3 is 2.37 bits per heavy atom. The molecule has 2 aromatic carbocycles. The van der Waals surface area contributed by atoms with Crippen molar-refractivity contribution in [2.75, 3.05) is 18.4 Å². The van der Waals surface area contributed by atoms with Crippen LogP contribution in [0.25, 0.3) is 10.9 Å².